The van der Waals surface area contributed by atoms with Crippen molar-refractivity contribution in [3.8, 4) is 11.5 Å². The molecule has 2 fully saturated rings. The first-order valence-corrected chi connectivity index (χ1v) is 12.6. The topological polar surface area (TPSA) is 62.3 Å². The summed E-state index contributed by atoms with van der Waals surface area (Å²) in [6, 6.07) is 12.4. The highest BCUT2D eigenvalue weighted by molar-refractivity contribution is 5.97. The smallest absolute Gasteiger partial charge is 0.387 e. The molecule has 0 radical (unpaired) electrons. The molecule has 2 aromatic carbocycles. The van der Waals surface area contributed by atoms with Crippen LogP contribution in [0.15, 0.2) is 42.5 Å². The van der Waals surface area contributed by atoms with Gasteiger partial charge in [-0.3, -0.25) is 14.5 Å². The second-order valence-electron chi connectivity index (χ2n) is 9.61. The lowest BCUT2D eigenvalue weighted by Gasteiger charge is -2.39. The Morgan fingerprint density at radius 1 is 1.03 bits per heavy atom. The molecule has 1 atom stereocenters. The number of likely N-dealkylation sites (tertiary alicyclic amines) is 1. The first-order valence-electron chi connectivity index (χ1n) is 12.6. The number of benzene rings is 2. The van der Waals surface area contributed by atoms with Gasteiger partial charge in [0.05, 0.1) is 18.1 Å². The predicted octanol–water partition coefficient (Wildman–Crippen LogP) is 3.42. The lowest BCUT2D eigenvalue weighted by Crippen LogP contribution is -2.52. The fraction of sp³-hybridized carbons (Fsp3) is 0.481. The Morgan fingerprint density at radius 2 is 1.83 bits per heavy atom. The Bertz CT molecular complexity index is 1100. The molecule has 0 saturated carbocycles. The quantitative estimate of drug-likeness (QED) is 0.610. The van der Waals surface area contributed by atoms with Crippen molar-refractivity contribution < 1.29 is 27.8 Å². The Hall–Kier alpha value is -3.20. The second kappa shape index (κ2) is 10.8. The van der Waals surface area contributed by atoms with Crippen LogP contribution in [-0.4, -0.2) is 79.0 Å². The van der Waals surface area contributed by atoms with Crippen molar-refractivity contribution in [2.24, 2.45) is 5.92 Å². The predicted molar refractivity (Wildman–Crippen MR) is 129 cm³/mol. The summed E-state index contributed by atoms with van der Waals surface area (Å²) in [5.41, 5.74) is 2.62. The van der Waals surface area contributed by atoms with Crippen LogP contribution in [0.4, 0.5) is 8.78 Å². The molecular formula is C27H31F2N3O4. The second-order valence-corrected chi connectivity index (χ2v) is 9.61. The molecule has 0 bridgehead atoms. The number of rotatable bonds is 6. The summed E-state index contributed by atoms with van der Waals surface area (Å²) in [6.07, 6.45) is 2.37. The van der Waals surface area contributed by atoms with E-state index in [9.17, 15) is 18.4 Å². The molecule has 36 heavy (non-hydrogen) atoms. The first-order chi connectivity index (χ1) is 17.5. The molecule has 0 N–H and O–H groups in total. The van der Waals surface area contributed by atoms with Crippen molar-refractivity contribution in [2.75, 3.05) is 45.9 Å². The lowest BCUT2D eigenvalue weighted by atomic mass is 9.95. The van der Waals surface area contributed by atoms with Gasteiger partial charge in [-0.05, 0) is 42.2 Å². The van der Waals surface area contributed by atoms with E-state index in [0.29, 0.717) is 26.1 Å². The van der Waals surface area contributed by atoms with E-state index in [0.717, 1.165) is 44.8 Å². The van der Waals surface area contributed by atoms with Crippen LogP contribution in [0.5, 0.6) is 11.5 Å². The van der Waals surface area contributed by atoms with Gasteiger partial charge in [-0.15, -0.1) is 0 Å². The van der Waals surface area contributed by atoms with E-state index in [-0.39, 0.29) is 35.6 Å². The third-order valence-corrected chi connectivity index (χ3v) is 7.24. The Labute approximate surface area is 209 Å². The molecule has 1 unspecified atom stereocenters. The highest BCUT2D eigenvalue weighted by Gasteiger charge is 2.33. The molecule has 2 aromatic rings. The molecule has 3 heterocycles. The Balaban J connectivity index is 1.15. The number of piperidine rings is 1. The Kier molecular flexibility index (Phi) is 7.36. The van der Waals surface area contributed by atoms with Gasteiger partial charge in [0.25, 0.3) is 5.91 Å². The minimum atomic E-state index is -3.01. The zero-order valence-corrected chi connectivity index (χ0v) is 20.2. The number of alkyl halides is 2. The summed E-state index contributed by atoms with van der Waals surface area (Å²) in [6.45, 7) is 2.28. The minimum absolute atomic E-state index is 0.0685. The summed E-state index contributed by atoms with van der Waals surface area (Å²) in [5, 5.41) is 0. The van der Waals surface area contributed by atoms with Crippen molar-refractivity contribution in [3.63, 3.8) is 0 Å². The molecular weight excluding hydrogens is 468 g/mol. The number of ether oxygens (including phenoxy) is 2. The van der Waals surface area contributed by atoms with Crippen molar-refractivity contribution >= 4 is 11.8 Å². The van der Waals surface area contributed by atoms with Crippen molar-refractivity contribution in [1.82, 2.24) is 14.7 Å². The van der Waals surface area contributed by atoms with Crippen LogP contribution in [0, 0.1) is 5.92 Å². The van der Waals surface area contributed by atoms with Crippen molar-refractivity contribution in [1.29, 1.82) is 0 Å². The Morgan fingerprint density at radius 3 is 2.64 bits per heavy atom. The van der Waals surface area contributed by atoms with Gasteiger partial charge < -0.3 is 19.3 Å². The van der Waals surface area contributed by atoms with Gasteiger partial charge in [0.15, 0.2) is 0 Å². The van der Waals surface area contributed by atoms with E-state index in [4.69, 9.17) is 4.74 Å². The maximum Gasteiger partial charge on any atom is 0.387 e. The van der Waals surface area contributed by atoms with Crippen LogP contribution in [-0.2, 0) is 17.8 Å². The van der Waals surface area contributed by atoms with E-state index in [1.165, 1.54) is 23.3 Å². The molecule has 192 valence electrons. The standard InChI is InChI=1S/C27H31F2N3O4/c28-27(29)36-24-6-2-1-5-22(24)26(34)32-10-3-4-21(18-32)25(33)31-13-11-30(12-14-31)17-19-7-8-23-20(16-19)9-15-35-23/h1-2,5-8,16,21,27H,3-4,9-15,17-18H2. The zero-order chi connectivity index (χ0) is 25.1. The van der Waals surface area contributed by atoms with Gasteiger partial charge in [0, 0.05) is 52.2 Å². The number of halogens is 2. The molecule has 3 aliphatic heterocycles. The average Bonchev–Trinajstić information content (AvgIpc) is 3.36. The number of carbonyl (C=O) groups is 2. The van der Waals surface area contributed by atoms with E-state index < -0.39 is 6.61 Å². The van der Waals surface area contributed by atoms with Gasteiger partial charge >= 0.3 is 6.61 Å². The molecule has 9 heteroatoms. The SMILES string of the molecule is O=C(c1ccccc1OC(F)F)N1CCCC(C(=O)N2CCN(Cc3ccc4c(c3)CCO4)CC2)C1. The summed E-state index contributed by atoms with van der Waals surface area (Å²) < 4.78 is 35.7. The number of amides is 2. The summed E-state index contributed by atoms with van der Waals surface area (Å²) in [7, 11) is 0. The summed E-state index contributed by atoms with van der Waals surface area (Å²) in [5.74, 6) is 0.249. The molecule has 2 saturated heterocycles. The first kappa shape index (κ1) is 24.5. The highest BCUT2D eigenvalue weighted by Crippen LogP contribution is 2.28. The van der Waals surface area contributed by atoms with E-state index in [1.807, 2.05) is 11.0 Å². The maximum atomic E-state index is 13.3. The zero-order valence-electron chi connectivity index (χ0n) is 20.2. The molecule has 0 spiro atoms. The number of piperazine rings is 1. The third kappa shape index (κ3) is 5.46. The fourth-order valence-corrected chi connectivity index (χ4v) is 5.36. The van der Waals surface area contributed by atoms with Gasteiger partial charge in [-0.25, -0.2) is 0 Å². The number of nitrogens with zero attached hydrogens (tertiary/aromatic N) is 3. The number of hydrogen-bond donors (Lipinski definition) is 0. The van der Waals surface area contributed by atoms with Crippen LogP contribution in [0.3, 0.4) is 0 Å². The number of fused-ring (bicyclic) bond motifs is 1. The molecule has 2 amide bonds. The van der Waals surface area contributed by atoms with Gasteiger partial charge in [0.1, 0.15) is 11.5 Å². The van der Waals surface area contributed by atoms with Crippen LogP contribution < -0.4 is 9.47 Å². The van der Waals surface area contributed by atoms with E-state index in [2.05, 4.69) is 21.8 Å². The molecule has 0 aliphatic carbocycles. The lowest BCUT2D eigenvalue weighted by molar-refractivity contribution is -0.138. The molecule has 5 rings (SSSR count). The van der Waals surface area contributed by atoms with Gasteiger partial charge in [0.2, 0.25) is 5.91 Å². The highest BCUT2D eigenvalue weighted by atomic mass is 19.3. The average molecular weight is 500 g/mol. The van der Waals surface area contributed by atoms with Crippen molar-refractivity contribution in [2.45, 2.75) is 32.4 Å². The number of carbonyl (C=O) groups excluding carboxylic acids is 2. The summed E-state index contributed by atoms with van der Waals surface area (Å²) in [4.78, 5) is 32.2. The maximum absolute atomic E-state index is 13.3. The van der Waals surface area contributed by atoms with Crippen molar-refractivity contribution in [3.05, 3.63) is 59.2 Å². The summed E-state index contributed by atoms with van der Waals surface area (Å²) >= 11 is 0. The van der Waals surface area contributed by atoms with Gasteiger partial charge in [-0.2, -0.15) is 8.78 Å². The monoisotopic (exact) mass is 499 g/mol. The normalized spacial score (nSPS) is 20.2. The molecule has 7 nitrogen and oxygen atoms in total. The van der Waals surface area contributed by atoms with E-state index in [1.54, 1.807) is 17.0 Å². The van der Waals surface area contributed by atoms with Crippen LogP contribution >= 0.6 is 0 Å². The molecule has 3 aliphatic rings. The van der Waals surface area contributed by atoms with Crippen LogP contribution in [0.1, 0.15) is 34.3 Å². The number of para-hydroxylation sites is 1. The fourth-order valence-electron chi connectivity index (χ4n) is 5.36. The largest absolute Gasteiger partial charge is 0.493 e. The minimum Gasteiger partial charge on any atom is -0.493 e. The van der Waals surface area contributed by atoms with Crippen LogP contribution in [0.25, 0.3) is 0 Å². The van der Waals surface area contributed by atoms with E-state index >= 15 is 0 Å². The molecule has 0 aromatic heterocycles. The van der Waals surface area contributed by atoms with Crippen LogP contribution in [0.2, 0.25) is 0 Å². The third-order valence-electron chi connectivity index (χ3n) is 7.24. The number of hydrogen-bond acceptors (Lipinski definition) is 5. The van der Waals surface area contributed by atoms with Gasteiger partial charge in [-0.1, -0.05) is 24.3 Å².